The summed E-state index contributed by atoms with van der Waals surface area (Å²) < 4.78 is 50.6. The van der Waals surface area contributed by atoms with Crippen molar-refractivity contribution in [3.8, 4) is 0 Å². The molecule has 1 aliphatic heterocycles. The minimum atomic E-state index is -4.04. The fourth-order valence-electron chi connectivity index (χ4n) is 1.72. The molecule has 0 aliphatic carbocycles. The normalized spacial score (nSPS) is 25.6. The van der Waals surface area contributed by atoms with Gasteiger partial charge in [0.25, 0.3) is 0 Å². The Hall–Kier alpha value is -1.09. The molecule has 2 unspecified atom stereocenters. The molecule has 0 aromatic heterocycles. The summed E-state index contributed by atoms with van der Waals surface area (Å²) in [4.78, 5) is -0.414. The monoisotopic (exact) mass is 279 g/mol. The molecule has 0 spiro atoms. The predicted octanol–water partition coefficient (Wildman–Crippen LogP) is -0.309. The van der Waals surface area contributed by atoms with Gasteiger partial charge in [0.05, 0.1) is 17.1 Å². The molecule has 100 valence electrons. The Bertz CT molecular complexity index is 553. The first-order valence-electron chi connectivity index (χ1n) is 5.13. The minimum Gasteiger partial charge on any atom is -0.389 e. The van der Waals surface area contributed by atoms with Crippen LogP contribution in [0, 0.1) is 11.6 Å². The lowest BCUT2D eigenvalue weighted by Crippen LogP contribution is -2.30. The van der Waals surface area contributed by atoms with Crippen molar-refractivity contribution in [3.05, 3.63) is 29.8 Å². The van der Waals surface area contributed by atoms with E-state index in [4.69, 9.17) is 0 Å². The van der Waals surface area contributed by atoms with Gasteiger partial charge in [-0.05, 0) is 18.2 Å². The van der Waals surface area contributed by atoms with E-state index in [9.17, 15) is 27.4 Å². The molecule has 0 amide bonds. The third-order valence-electron chi connectivity index (χ3n) is 2.75. The Labute approximate surface area is 102 Å². The fourth-order valence-corrected chi connectivity index (χ4v) is 3.21. The van der Waals surface area contributed by atoms with Crippen molar-refractivity contribution in [1.29, 1.82) is 0 Å². The van der Waals surface area contributed by atoms with E-state index in [0.717, 1.165) is 10.4 Å². The molecule has 1 fully saturated rings. The van der Waals surface area contributed by atoms with Crippen molar-refractivity contribution in [2.45, 2.75) is 17.1 Å². The SMILES string of the molecule is O=S(=O)(c1ccc(F)c(F)c1)N1CC(O)C(O)C1. The van der Waals surface area contributed by atoms with Crippen molar-refractivity contribution in [1.82, 2.24) is 4.31 Å². The van der Waals surface area contributed by atoms with Crippen LogP contribution in [0.3, 0.4) is 0 Å². The van der Waals surface area contributed by atoms with E-state index in [2.05, 4.69) is 0 Å². The minimum absolute atomic E-state index is 0.275. The van der Waals surface area contributed by atoms with Crippen molar-refractivity contribution in [2.75, 3.05) is 13.1 Å². The molecule has 0 radical (unpaired) electrons. The van der Waals surface area contributed by atoms with Gasteiger partial charge in [-0.1, -0.05) is 0 Å². The van der Waals surface area contributed by atoms with Crippen molar-refractivity contribution < 1.29 is 27.4 Å². The number of hydrogen-bond donors (Lipinski definition) is 2. The molecule has 1 aromatic rings. The Balaban J connectivity index is 2.34. The first-order valence-corrected chi connectivity index (χ1v) is 6.57. The molecule has 1 aliphatic rings. The van der Waals surface area contributed by atoms with Crippen LogP contribution in [0.5, 0.6) is 0 Å². The zero-order valence-corrected chi connectivity index (χ0v) is 9.94. The summed E-state index contributed by atoms with van der Waals surface area (Å²) in [5.74, 6) is -2.41. The van der Waals surface area contributed by atoms with Gasteiger partial charge in [0, 0.05) is 13.1 Å². The average Bonchev–Trinajstić information content (AvgIpc) is 2.64. The van der Waals surface area contributed by atoms with Crippen LogP contribution in [0.2, 0.25) is 0 Å². The maximum atomic E-state index is 13.0. The summed E-state index contributed by atoms with van der Waals surface area (Å²) in [6, 6.07) is 2.22. The lowest BCUT2D eigenvalue weighted by Gasteiger charge is -2.15. The molecule has 0 bridgehead atoms. The third kappa shape index (κ3) is 2.24. The number of hydrogen-bond acceptors (Lipinski definition) is 4. The standard InChI is InChI=1S/C10H11F2NO4S/c11-7-2-1-6(3-8(7)12)18(16,17)13-4-9(14)10(15)5-13/h1-3,9-10,14-15H,4-5H2. The first-order chi connectivity index (χ1) is 8.32. The van der Waals surface area contributed by atoms with Gasteiger partial charge in [0.15, 0.2) is 11.6 Å². The molecule has 5 nitrogen and oxygen atoms in total. The van der Waals surface area contributed by atoms with E-state index in [-0.39, 0.29) is 13.1 Å². The van der Waals surface area contributed by atoms with Gasteiger partial charge < -0.3 is 10.2 Å². The molecule has 8 heteroatoms. The second-order valence-electron chi connectivity index (χ2n) is 4.03. The fraction of sp³-hybridized carbons (Fsp3) is 0.400. The largest absolute Gasteiger partial charge is 0.389 e. The summed E-state index contributed by atoms with van der Waals surface area (Å²) in [6.45, 7) is -0.551. The molecule has 1 aromatic carbocycles. The Morgan fingerprint density at radius 1 is 1.11 bits per heavy atom. The number of nitrogens with zero attached hydrogens (tertiary/aromatic N) is 1. The van der Waals surface area contributed by atoms with Crippen molar-refractivity contribution in [3.63, 3.8) is 0 Å². The van der Waals surface area contributed by atoms with Crippen molar-refractivity contribution in [2.24, 2.45) is 0 Å². The van der Waals surface area contributed by atoms with E-state index >= 15 is 0 Å². The summed E-state index contributed by atoms with van der Waals surface area (Å²) >= 11 is 0. The van der Waals surface area contributed by atoms with E-state index in [1.54, 1.807) is 0 Å². The highest BCUT2D eigenvalue weighted by Crippen LogP contribution is 2.22. The average molecular weight is 279 g/mol. The van der Waals surface area contributed by atoms with Gasteiger partial charge in [-0.2, -0.15) is 4.31 Å². The van der Waals surface area contributed by atoms with Crippen LogP contribution in [0.25, 0.3) is 0 Å². The Kier molecular flexibility index (Phi) is 3.37. The second kappa shape index (κ2) is 4.54. The number of benzene rings is 1. The van der Waals surface area contributed by atoms with Gasteiger partial charge >= 0.3 is 0 Å². The molecule has 1 saturated heterocycles. The zero-order valence-electron chi connectivity index (χ0n) is 9.12. The Morgan fingerprint density at radius 2 is 1.67 bits per heavy atom. The number of aliphatic hydroxyl groups excluding tert-OH is 2. The van der Waals surface area contributed by atoms with Gasteiger partial charge in [-0.15, -0.1) is 0 Å². The Morgan fingerprint density at radius 3 is 2.17 bits per heavy atom. The second-order valence-corrected chi connectivity index (χ2v) is 5.97. The van der Waals surface area contributed by atoms with Crippen molar-refractivity contribution >= 4 is 10.0 Å². The van der Waals surface area contributed by atoms with E-state index < -0.39 is 38.8 Å². The zero-order chi connectivity index (χ0) is 13.5. The number of aliphatic hydroxyl groups is 2. The third-order valence-corrected chi connectivity index (χ3v) is 4.58. The predicted molar refractivity (Wildman–Crippen MR) is 57.1 cm³/mol. The van der Waals surface area contributed by atoms with Crippen LogP contribution < -0.4 is 0 Å². The van der Waals surface area contributed by atoms with Gasteiger partial charge in [0.1, 0.15) is 0 Å². The highest BCUT2D eigenvalue weighted by atomic mass is 32.2. The highest BCUT2D eigenvalue weighted by molar-refractivity contribution is 7.89. The van der Waals surface area contributed by atoms with Gasteiger partial charge in [-0.3, -0.25) is 0 Å². The summed E-state index contributed by atoms with van der Waals surface area (Å²) in [5.41, 5.74) is 0. The summed E-state index contributed by atoms with van der Waals surface area (Å²) in [5, 5.41) is 18.6. The molecule has 0 saturated carbocycles. The number of rotatable bonds is 2. The molecular formula is C10H11F2NO4S. The maximum Gasteiger partial charge on any atom is 0.243 e. The van der Waals surface area contributed by atoms with Crippen LogP contribution in [0.15, 0.2) is 23.1 Å². The number of sulfonamides is 1. The lowest BCUT2D eigenvalue weighted by molar-refractivity contribution is 0.0572. The molecule has 2 N–H and O–H groups in total. The van der Waals surface area contributed by atoms with Gasteiger partial charge in [0.2, 0.25) is 10.0 Å². The van der Waals surface area contributed by atoms with E-state index in [0.29, 0.717) is 12.1 Å². The molecule has 2 rings (SSSR count). The van der Waals surface area contributed by atoms with Gasteiger partial charge in [-0.25, -0.2) is 17.2 Å². The van der Waals surface area contributed by atoms with E-state index in [1.807, 2.05) is 0 Å². The van der Waals surface area contributed by atoms with Crippen LogP contribution in [0.1, 0.15) is 0 Å². The molecule has 18 heavy (non-hydrogen) atoms. The van der Waals surface area contributed by atoms with Crippen LogP contribution in [-0.2, 0) is 10.0 Å². The van der Waals surface area contributed by atoms with E-state index in [1.165, 1.54) is 0 Å². The highest BCUT2D eigenvalue weighted by Gasteiger charge is 2.37. The smallest absolute Gasteiger partial charge is 0.243 e. The maximum absolute atomic E-state index is 13.0. The summed E-state index contributed by atoms with van der Waals surface area (Å²) in [7, 11) is -4.04. The first kappa shape index (κ1) is 13.3. The quantitative estimate of drug-likeness (QED) is 0.778. The number of β-amino-alcohol motifs (C(OH)–C–C–N with tert-alkyl or cyclic N) is 2. The lowest BCUT2D eigenvalue weighted by atomic mass is 10.3. The van der Waals surface area contributed by atoms with Crippen LogP contribution in [0.4, 0.5) is 8.78 Å². The topological polar surface area (TPSA) is 77.8 Å². The van der Waals surface area contributed by atoms with Crippen LogP contribution >= 0.6 is 0 Å². The number of halogens is 2. The van der Waals surface area contributed by atoms with Crippen LogP contribution in [-0.4, -0.2) is 48.2 Å². The molecule has 2 atom stereocenters. The molecular weight excluding hydrogens is 268 g/mol. The summed E-state index contributed by atoms with van der Waals surface area (Å²) in [6.07, 6.45) is -2.35. The molecule has 1 heterocycles.